The molecule has 1 aliphatic rings. The van der Waals surface area contributed by atoms with Crippen LogP contribution in [-0.2, 0) is 9.53 Å². The molecule has 1 fully saturated rings. The summed E-state index contributed by atoms with van der Waals surface area (Å²) in [4.78, 5) is 14.7. The summed E-state index contributed by atoms with van der Waals surface area (Å²) < 4.78 is 4.93. The highest BCUT2D eigenvalue weighted by Crippen LogP contribution is 2.22. The second-order valence-corrected chi connectivity index (χ2v) is 4.06. The van der Waals surface area contributed by atoms with Crippen LogP contribution in [0.1, 0.15) is 6.92 Å². The van der Waals surface area contributed by atoms with Gasteiger partial charge in [0.15, 0.2) is 0 Å². The minimum Gasteiger partial charge on any atom is -0.829 e. The van der Waals surface area contributed by atoms with E-state index >= 15 is 0 Å². The highest BCUT2D eigenvalue weighted by atomic mass is 16.6. The number of ether oxygens (including phenoxy) is 1. The van der Waals surface area contributed by atoms with Gasteiger partial charge in [0.1, 0.15) is 12.2 Å². The van der Waals surface area contributed by atoms with Crippen molar-refractivity contribution in [1.82, 2.24) is 4.90 Å². The predicted molar refractivity (Wildman–Crippen MR) is 56.9 cm³/mol. The van der Waals surface area contributed by atoms with E-state index in [0.29, 0.717) is 0 Å². The molecule has 1 rings (SSSR count). The van der Waals surface area contributed by atoms with Crippen molar-refractivity contribution in [3.8, 4) is 0 Å². The van der Waals surface area contributed by atoms with Gasteiger partial charge >= 0.3 is 0 Å². The van der Waals surface area contributed by atoms with Crippen LogP contribution in [0.5, 0.6) is 0 Å². The van der Waals surface area contributed by atoms with Gasteiger partial charge in [-0.15, -0.1) is 0 Å². The third-order valence-corrected chi connectivity index (χ3v) is 2.94. The molecule has 9 nitrogen and oxygen atoms in total. The van der Waals surface area contributed by atoms with Gasteiger partial charge in [-0.1, -0.05) is 5.11 Å². The monoisotopic (exact) mass is 259 g/mol. The van der Waals surface area contributed by atoms with Crippen LogP contribution in [0, 0.1) is 0 Å². The summed E-state index contributed by atoms with van der Waals surface area (Å²) in [6.07, 6.45) is -5.63. The Morgan fingerprint density at radius 1 is 1.56 bits per heavy atom. The largest absolute Gasteiger partial charge is 0.829 e. The molecule has 1 saturated heterocycles. The highest BCUT2D eigenvalue weighted by molar-refractivity contribution is 5.73. The van der Waals surface area contributed by atoms with Crippen LogP contribution in [0.15, 0.2) is 5.11 Å². The topological polar surface area (TPSA) is 142 Å². The lowest BCUT2D eigenvalue weighted by atomic mass is 9.96. The lowest BCUT2D eigenvalue weighted by Gasteiger charge is -2.49. The number of hydrogen-bond donors (Lipinski definition) is 2. The van der Waals surface area contributed by atoms with Crippen molar-refractivity contribution in [2.45, 2.75) is 37.6 Å². The fourth-order valence-electron chi connectivity index (χ4n) is 1.81. The van der Waals surface area contributed by atoms with Crippen molar-refractivity contribution in [2.24, 2.45) is 5.11 Å². The first-order valence-electron chi connectivity index (χ1n) is 5.31. The summed E-state index contributed by atoms with van der Waals surface area (Å²) in [5.74, 6) is -0.427. The lowest BCUT2D eigenvalue weighted by Crippen LogP contribution is -2.67. The number of amides is 1. The Kier molecular flexibility index (Phi) is 4.88. The van der Waals surface area contributed by atoms with Gasteiger partial charge in [-0.05, 0) is 5.53 Å². The van der Waals surface area contributed by atoms with Crippen LogP contribution < -0.4 is 5.11 Å². The normalized spacial score (nSPS) is 35.7. The zero-order valence-electron chi connectivity index (χ0n) is 10.0. The van der Waals surface area contributed by atoms with Crippen LogP contribution in [0.25, 0.3) is 10.4 Å². The average molecular weight is 259 g/mol. The van der Waals surface area contributed by atoms with E-state index in [1.54, 1.807) is 0 Å². The number of aliphatic hydroxyl groups excluding tert-OH is 2. The van der Waals surface area contributed by atoms with E-state index in [9.17, 15) is 20.1 Å². The van der Waals surface area contributed by atoms with Crippen molar-refractivity contribution in [3.05, 3.63) is 10.4 Å². The van der Waals surface area contributed by atoms with E-state index in [4.69, 9.17) is 10.3 Å². The first-order chi connectivity index (χ1) is 8.40. The molecule has 5 atom stereocenters. The smallest absolute Gasteiger partial charge is 0.219 e. The maximum absolute atomic E-state index is 11.7. The maximum Gasteiger partial charge on any atom is 0.219 e. The molecule has 0 aromatic heterocycles. The maximum atomic E-state index is 11.7. The van der Waals surface area contributed by atoms with Crippen molar-refractivity contribution in [3.63, 3.8) is 0 Å². The zero-order valence-corrected chi connectivity index (χ0v) is 10.0. The zero-order chi connectivity index (χ0) is 13.9. The van der Waals surface area contributed by atoms with Crippen LogP contribution >= 0.6 is 0 Å². The Hall–Kier alpha value is -1.38. The number of rotatable bonds is 3. The molecule has 1 amide bonds. The number of azide groups is 1. The minimum absolute atomic E-state index is 0.260. The number of carbonyl (C=O) groups is 1. The quantitative estimate of drug-likeness (QED) is 0.341. The summed E-state index contributed by atoms with van der Waals surface area (Å²) in [7, 11) is 1.34. The summed E-state index contributed by atoms with van der Waals surface area (Å²) in [5.41, 5.74) is 8.16. The van der Waals surface area contributed by atoms with E-state index in [2.05, 4.69) is 10.0 Å². The summed E-state index contributed by atoms with van der Waals surface area (Å²) >= 11 is 0. The molecule has 0 aromatic rings. The van der Waals surface area contributed by atoms with Crippen LogP contribution in [0.3, 0.4) is 0 Å². The van der Waals surface area contributed by atoms with Gasteiger partial charge in [0.05, 0.1) is 18.7 Å². The molecule has 102 valence electrons. The molecule has 2 N–H and O–H groups in total. The minimum atomic E-state index is -1.71. The fraction of sp³-hybridized carbons (Fsp3) is 0.889. The van der Waals surface area contributed by atoms with Crippen LogP contribution in [0.2, 0.25) is 0 Å². The van der Waals surface area contributed by atoms with E-state index in [1.807, 2.05) is 0 Å². The Bertz CT molecular complexity index is 359. The molecule has 0 saturated carbocycles. The van der Waals surface area contributed by atoms with Gasteiger partial charge in [-0.2, -0.15) is 0 Å². The molecular weight excluding hydrogens is 244 g/mol. The SMILES string of the molecule is CC(=O)N(C)[C@@H]1[C@@H](O)[C@H](O)[C@@H](CN=[N+]=[N-])O[C@@H]1[O-]. The summed E-state index contributed by atoms with van der Waals surface area (Å²) in [6, 6.07) is -1.18. The van der Waals surface area contributed by atoms with Crippen molar-refractivity contribution < 1.29 is 24.9 Å². The first kappa shape index (κ1) is 14.7. The van der Waals surface area contributed by atoms with Crippen molar-refractivity contribution in [1.29, 1.82) is 0 Å². The summed E-state index contributed by atoms with van der Waals surface area (Å²) in [5, 5.41) is 34.5. The second kappa shape index (κ2) is 5.98. The summed E-state index contributed by atoms with van der Waals surface area (Å²) in [6.45, 7) is 0.974. The Morgan fingerprint density at radius 3 is 2.67 bits per heavy atom. The lowest BCUT2D eigenvalue weighted by molar-refractivity contribution is -0.523. The van der Waals surface area contributed by atoms with Crippen LogP contribution in [0.4, 0.5) is 0 Å². The molecule has 0 aliphatic carbocycles. The Labute approximate surface area is 103 Å². The Balaban J connectivity index is 2.83. The molecule has 9 heteroatoms. The van der Waals surface area contributed by atoms with E-state index in [1.165, 1.54) is 14.0 Å². The number of carbonyl (C=O) groups excluding carboxylic acids is 1. The van der Waals surface area contributed by atoms with Gasteiger partial charge in [0.25, 0.3) is 0 Å². The van der Waals surface area contributed by atoms with Gasteiger partial charge in [-0.25, -0.2) is 0 Å². The van der Waals surface area contributed by atoms with E-state index < -0.39 is 36.6 Å². The molecule has 0 radical (unpaired) electrons. The Morgan fingerprint density at radius 2 is 2.17 bits per heavy atom. The molecule has 0 spiro atoms. The second-order valence-electron chi connectivity index (χ2n) is 4.06. The molecule has 0 aromatic carbocycles. The van der Waals surface area contributed by atoms with Gasteiger partial charge < -0.3 is 25.0 Å². The van der Waals surface area contributed by atoms with Gasteiger partial charge in [0, 0.05) is 25.2 Å². The predicted octanol–water partition coefficient (Wildman–Crippen LogP) is -2.05. The number of hydrogen-bond acceptors (Lipinski definition) is 6. The fourth-order valence-corrected chi connectivity index (χ4v) is 1.81. The number of aliphatic hydroxyl groups is 2. The number of likely N-dealkylation sites (N-methyl/N-ethyl adjacent to an activating group) is 1. The van der Waals surface area contributed by atoms with Crippen LogP contribution in [-0.4, -0.2) is 65.3 Å². The molecule has 1 heterocycles. The molecular formula is C9H15N4O5-. The average Bonchev–Trinajstić information content (AvgIpc) is 2.31. The third kappa shape index (κ3) is 2.89. The number of nitrogens with zero attached hydrogens (tertiary/aromatic N) is 4. The standard InChI is InChI=1S/C9H15N4O5/c1-4(14)13(2)6-8(16)7(15)5(3-11-12-10)18-9(6)17/h5-9,15-16H,3H2,1-2H3/q-1/t5-,6-,7-,8-,9+/m1/s1. The van der Waals surface area contributed by atoms with Crippen molar-refractivity contribution >= 4 is 5.91 Å². The van der Waals surface area contributed by atoms with Crippen molar-refractivity contribution in [2.75, 3.05) is 13.6 Å². The molecule has 18 heavy (non-hydrogen) atoms. The van der Waals surface area contributed by atoms with Gasteiger partial charge in [0.2, 0.25) is 5.91 Å². The van der Waals surface area contributed by atoms with Gasteiger partial charge in [-0.3, -0.25) is 4.79 Å². The molecule has 0 unspecified atom stereocenters. The van der Waals surface area contributed by atoms with E-state index in [0.717, 1.165) is 4.90 Å². The molecule has 0 bridgehead atoms. The van der Waals surface area contributed by atoms with E-state index in [-0.39, 0.29) is 6.54 Å². The molecule has 1 aliphatic heterocycles. The third-order valence-electron chi connectivity index (χ3n) is 2.94. The highest BCUT2D eigenvalue weighted by Gasteiger charge is 2.42. The first-order valence-corrected chi connectivity index (χ1v) is 5.31.